The Morgan fingerprint density at radius 3 is 2.78 bits per heavy atom. The summed E-state index contributed by atoms with van der Waals surface area (Å²) in [5.41, 5.74) is 2.74. The van der Waals surface area contributed by atoms with Gasteiger partial charge in [0.15, 0.2) is 0 Å². The molecule has 32 heavy (non-hydrogen) atoms. The van der Waals surface area contributed by atoms with Gasteiger partial charge in [-0.05, 0) is 62.4 Å². The molecular formula is C23H20F3N3O3. The van der Waals surface area contributed by atoms with Crippen molar-refractivity contribution in [2.24, 2.45) is 0 Å². The topological polar surface area (TPSA) is 77.3 Å². The lowest BCUT2D eigenvalue weighted by Gasteiger charge is -2.21. The number of hydrogen-bond donors (Lipinski definition) is 1. The minimum absolute atomic E-state index is 0.0711. The number of halogens is 3. The van der Waals surface area contributed by atoms with E-state index >= 15 is 0 Å². The normalized spacial score (nSPS) is 18.2. The molecule has 9 heteroatoms. The first-order valence-electron chi connectivity index (χ1n) is 10.5. The number of fused-ring (bicyclic) bond motifs is 1. The van der Waals surface area contributed by atoms with Crippen LogP contribution < -0.4 is 10.1 Å². The molecule has 166 valence electrons. The standard InChI is InChI=1S/C23H20F3N3O3/c24-23(25,26)32-16-4-1-3-14(11-16)21(30)28-17-5-2-6-18-20(17)31-22(29-18)15-9-10-27-19(12-15)13-7-8-13/h1,3-4,9-13,17H,2,5-8H2,(H,28,30). The number of ether oxygens (including phenoxy) is 1. The maximum Gasteiger partial charge on any atom is 0.573 e. The van der Waals surface area contributed by atoms with E-state index in [1.54, 1.807) is 6.20 Å². The van der Waals surface area contributed by atoms with Crippen LogP contribution in [0.15, 0.2) is 47.0 Å². The van der Waals surface area contributed by atoms with E-state index in [4.69, 9.17) is 4.42 Å². The quantitative estimate of drug-likeness (QED) is 0.578. The van der Waals surface area contributed by atoms with Gasteiger partial charge in [-0.1, -0.05) is 6.07 Å². The Labute approximate surface area is 181 Å². The minimum Gasteiger partial charge on any atom is -0.439 e. The molecule has 1 atom stereocenters. The first-order chi connectivity index (χ1) is 15.4. The van der Waals surface area contributed by atoms with Crippen molar-refractivity contribution in [1.29, 1.82) is 0 Å². The number of carbonyl (C=O) groups is 1. The maximum absolute atomic E-state index is 12.7. The van der Waals surface area contributed by atoms with E-state index < -0.39 is 24.1 Å². The smallest absolute Gasteiger partial charge is 0.439 e. The van der Waals surface area contributed by atoms with Gasteiger partial charge < -0.3 is 14.5 Å². The number of benzene rings is 1. The van der Waals surface area contributed by atoms with Crippen LogP contribution in [-0.4, -0.2) is 22.2 Å². The molecule has 3 aromatic rings. The fourth-order valence-electron chi connectivity index (χ4n) is 3.94. The van der Waals surface area contributed by atoms with Crippen LogP contribution in [0.1, 0.15) is 65.1 Å². The zero-order chi connectivity index (χ0) is 22.3. The maximum atomic E-state index is 12.7. The lowest BCUT2D eigenvalue weighted by molar-refractivity contribution is -0.274. The van der Waals surface area contributed by atoms with Crippen LogP contribution in [0.3, 0.4) is 0 Å². The number of alkyl halides is 3. The molecule has 1 unspecified atom stereocenters. The highest BCUT2D eigenvalue weighted by molar-refractivity contribution is 5.94. The average Bonchev–Trinajstić information content (AvgIpc) is 3.51. The van der Waals surface area contributed by atoms with Gasteiger partial charge >= 0.3 is 6.36 Å². The number of pyridine rings is 1. The highest BCUT2D eigenvalue weighted by atomic mass is 19.4. The van der Waals surface area contributed by atoms with Crippen LogP contribution in [-0.2, 0) is 6.42 Å². The Bertz CT molecular complexity index is 1150. The molecule has 2 heterocycles. The number of amides is 1. The third-order valence-electron chi connectivity index (χ3n) is 5.61. The number of aryl methyl sites for hydroxylation is 1. The molecule has 1 saturated carbocycles. The van der Waals surface area contributed by atoms with Gasteiger partial charge in [-0.15, -0.1) is 13.2 Å². The van der Waals surface area contributed by atoms with Crippen molar-refractivity contribution < 1.29 is 27.1 Å². The molecule has 5 rings (SSSR count). The monoisotopic (exact) mass is 443 g/mol. The second-order valence-electron chi connectivity index (χ2n) is 8.07. The second kappa shape index (κ2) is 7.96. The molecule has 0 aliphatic heterocycles. The fourth-order valence-corrected chi connectivity index (χ4v) is 3.94. The number of aromatic nitrogens is 2. The summed E-state index contributed by atoms with van der Waals surface area (Å²) in [6, 6.07) is 8.42. The number of rotatable bonds is 5. The van der Waals surface area contributed by atoms with Crippen molar-refractivity contribution in [2.45, 2.75) is 50.4 Å². The van der Waals surface area contributed by atoms with Gasteiger partial charge in [-0.25, -0.2) is 4.98 Å². The van der Waals surface area contributed by atoms with E-state index in [0.29, 0.717) is 24.0 Å². The van der Waals surface area contributed by atoms with Crippen molar-refractivity contribution in [1.82, 2.24) is 15.3 Å². The average molecular weight is 443 g/mol. The predicted octanol–water partition coefficient (Wildman–Crippen LogP) is 5.32. The number of nitrogens with one attached hydrogen (secondary N) is 1. The van der Waals surface area contributed by atoms with Crippen LogP contribution in [0.4, 0.5) is 13.2 Å². The molecule has 2 aliphatic rings. The minimum atomic E-state index is -4.82. The summed E-state index contributed by atoms with van der Waals surface area (Å²) in [5.74, 6) is 0.630. The van der Waals surface area contributed by atoms with Crippen molar-refractivity contribution in [3.05, 3.63) is 65.3 Å². The zero-order valence-corrected chi connectivity index (χ0v) is 17.0. The van der Waals surface area contributed by atoms with E-state index in [-0.39, 0.29) is 5.56 Å². The molecule has 0 spiro atoms. The van der Waals surface area contributed by atoms with Crippen molar-refractivity contribution in [3.8, 4) is 17.2 Å². The molecular weight excluding hydrogens is 423 g/mol. The molecule has 1 amide bonds. The first-order valence-corrected chi connectivity index (χ1v) is 10.5. The number of oxazole rings is 1. The van der Waals surface area contributed by atoms with Gasteiger partial charge in [0.2, 0.25) is 5.89 Å². The molecule has 1 fully saturated rings. The van der Waals surface area contributed by atoms with Gasteiger partial charge in [-0.2, -0.15) is 0 Å². The van der Waals surface area contributed by atoms with Crippen LogP contribution in [0, 0.1) is 0 Å². The summed E-state index contributed by atoms with van der Waals surface area (Å²) < 4.78 is 47.4. The van der Waals surface area contributed by atoms with E-state index in [9.17, 15) is 18.0 Å². The van der Waals surface area contributed by atoms with E-state index in [2.05, 4.69) is 20.0 Å². The largest absolute Gasteiger partial charge is 0.573 e. The van der Waals surface area contributed by atoms with Crippen molar-refractivity contribution >= 4 is 5.91 Å². The van der Waals surface area contributed by atoms with E-state index in [1.807, 2.05) is 12.1 Å². The Morgan fingerprint density at radius 2 is 2.00 bits per heavy atom. The van der Waals surface area contributed by atoms with Gasteiger partial charge in [-0.3, -0.25) is 9.78 Å². The second-order valence-corrected chi connectivity index (χ2v) is 8.07. The summed E-state index contributed by atoms with van der Waals surface area (Å²) in [7, 11) is 0. The SMILES string of the molecule is O=C(NC1CCCc2nc(-c3ccnc(C4CC4)c3)oc21)c1cccc(OC(F)(F)F)c1. The molecule has 2 aromatic heterocycles. The third-order valence-corrected chi connectivity index (χ3v) is 5.61. The van der Waals surface area contributed by atoms with Crippen molar-refractivity contribution in [3.63, 3.8) is 0 Å². The van der Waals surface area contributed by atoms with Crippen LogP contribution in [0.25, 0.3) is 11.5 Å². The van der Waals surface area contributed by atoms with Crippen molar-refractivity contribution in [2.75, 3.05) is 0 Å². The van der Waals surface area contributed by atoms with Gasteiger partial charge in [0, 0.05) is 28.9 Å². The molecule has 0 saturated heterocycles. The summed E-state index contributed by atoms with van der Waals surface area (Å²) in [5, 5.41) is 2.86. The fraction of sp³-hybridized carbons (Fsp3) is 0.348. The lowest BCUT2D eigenvalue weighted by Crippen LogP contribution is -2.30. The third kappa shape index (κ3) is 4.46. The summed E-state index contributed by atoms with van der Waals surface area (Å²) >= 11 is 0. The number of nitrogens with zero attached hydrogens (tertiary/aromatic N) is 2. The Balaban J connectivity index is 1.35. The predicted molar refractivity (Wildman–Crippen MR) is 108 cm³/mol. The van der Waals surface area contributed by atoms with E-state index in [0.717, 1.165) is 54.8 Å². The lowest BCUT2D eigenvalue weighted by atomic mass is 9.96. The van der Waals surface area contributed by atoms with Crippen LogP contribution in [0.2, 0.25) is 0 Å². The number of carbonyl (C=O) groups excluding carboxylic acids is 1. The van der Waals surface area contributed by atoms with Gasteiger partial charge in [0.1, 0.15) is 11.5 Å². The molecule has 1 aromatic carbocycles. The van der Waals surface area contributed by atoms with Gasteiger partial charge in [0.25, 0.3) is 5.91 Å². The molecule has 6 nitrogen and oxygen atoms in total. The first kappa shape index (κ1) is 20.5. The molecule has 0 radical (unpaired) electrons. The molecule has 0 bridgehead atoms. The van der Waals surface area contributed by atoms with Crippen LogP contribution in [0.5, 0.6) is 5.75 Å². The highest BCUT2D eigenvalue weighted by Gasteiger charge is 2.32. The Hall–Kier alpha value is -3.36. The molecule has 1 N–H and O–H groups in total. The van der Waals surface area contributed by atoms with Crippen LogP contribution >= 0.6 is 0 Å². The van der Waals surface area contributed by atoms with Gasteiger partial charge in [0.05, 0.1) is 11.7 Å². The Kier molecular flexibility index (Phi) is 5.11. The van der Waals surface area contributed by atoms with E-state index in [1.165, 1.54) is 12.1 Å². The highest BCUT2D eigenvalue weighted by Crippen LogP contribution is 2.40. The number of hydrogen-bond acceptors (Lipinski definition) is 5. The molecule has 2 aliphatic carbocycles. The summed E-state index contributed by atoms with van der Waals surface area (Å²) in [6.07, 6.45) is 1.41. The summed E-state index contributed by atoms with van der Waals surface area (Å²) in [6.45, 7) is 0. The zero-order valence-electron chi connectivity index (χ0n) is 17.0. The summed E-state index contributed by atoms with van der Waals surface area (Å²) in [4.78, 5) is 21.8. The Morgan fingerprint density at radius 1 is 1.16 bits per heavy atom.